The molecule has 2 heterocycles. The van der Waals surface area contributed by atoms with Crippen molar-refractivity contribution in [3.05, 3.63) is 65.5 Å². The molecule has 0 spiro atoms. The van der Waals surface area contributed by atoms with E-state index in [1.165, 1.54) is 0 Å². The van der Waals surface area contributed by atoms with Gasteiger partial charge < -0.3 is 10.6 Å². The minimum Gasteiger partial charge on any atom is -0.350 e. The Bertz CT molecular complexity index is 836. The summed E-state index contributed by atoms with van der Waals surface area (Å²) in [4.78, 5) is 42.1. The van der Waals surface area contributed by atoms with E-state index >= 15 is 0 Å². The van der Waals surface area contributed by atoms with Gasteiger partial charge in [0.05, 0.1) is 0 Å². The molecular formula is C19H20N4O3. The molecule has 2 aromatic rings. The number of carbonyl (C=O) groups is 3. The summed E-state index contributed by atoms with van der Waals surface area (Å²) in [6.07, 6.45) is 3.28. The molecule has 26 heavy (non-hydrogen) atoms. The van der Waals surface area contributed by atoms with Gasteiger partial charge in [-0.2, -0.15) is 0 Å². The topological polar surface area (TPSA) is 91.4 Å². The first-order chi connectivity index (χ1) is 12.4. The van der Waals surface area contributed by atoms with Crippen molar-refractivity contribution < 1.29 is 14.4 Å². The highest BCUT2D eigenvalue weighted by molar-refractivity contribution is 6.09. The Morgan fingerprint density at radius 3 is 2.62 bits per heavy atom. The van der Waals surface area contributed by atoms with Crippen LogP contribution in [0.25, 0.3) is 0 Å². The minimum absolute atomic E-state index is 0.283. The molecule has 1 fully saturated rings. The van der Waals surface area contributed by atoms with E-state index in [4.69, 9.17) is 0 Å². The van der Waals surface area contributed by atoms with Crippen LogP contribution in [0.4, 0.5) is 4.79 Å². The number of aryl methyl sites for hydroxylation is 1. The number of benzene rings is 1. The zero-order chi connectivity index (χ0) is 18.7. The van der Waals surface area contributed by atoms with E-state index in [0.29, 0.717) is 5.56 Å². The molecule has 1 aromatic heterocycles. The Balaban J connectivity index is 1.67. The van der Waals surface area contributed by atoms with Gasteiger partial charge in [-0.25, -0.2) is 4.79 Å². The molecule has 1 unspecified atom stereocenters. The molecule has 0 bridgehead atoms. The van der Waals surface area contributed by atoms with Crippen LogP contribution in [0.15, 0.2) is 48.8 Å². The van der Waals surface area contributed by atoms with Crippen LogP contribution in [0.2, 0.25) is 0 Å². The number of nitrogens with one attached hydrogen (secondary N) is 2. The Morgan fingerprint density at radius 1 is 1.23 bits per heavy atom. The van der Waals surface area contributed by atoms with Crippen LogP contribution < -0.4 is 10.6 Å². The van der Waals surface area contributed by atoms with Gasteiger partial charge in [0.2, 0.25) is 5.91 Å². The lowest BCUT2D eigenvalue weighted by Crippen LogP contribution is -2.43. The van der Waals surface area contributed by atoms with Crippen LogP contribution in [0, 0.1) is 6.92 Å². The van der Waals surface area contributed by atoms with E-state index in [-0.39, 0.29) is 13.1 Å². The summed E-state index contributed by atoms with van der Waals surface area (Å²) in [6.45, 7) is 3.55. The fourth-order valence-corrected chi connectivity index (χ4v) is 2.83. The molecule has 0 aliphatic carbocycles. The fraction of sp³-hybridized carbons (Fsp3) is 0.263. The van der Waals surface area contributed by atoms with Gasteiger partial charge in [0.15, 0.2) is 0 Å². The van der Waals surface area contributed by atoms with Gasteiger partial charge in [-0.15, -0.1) is 0 Å². The van der Waals surface area contributed by atoms with Crippen LogP contribution in [-0.4, -0.2) is 34.3 Å². The van der Waals surface area contributed by atoms with Gasteiger partial charge in [0.1, 0.15) is 12.1 Å². The number of nitrogens with zero attached hydrogens (tertiary/aromatic N) is 2. The molecule has 0 radical (unpaired) electrons. The number of hydrogen-bond donors (Lipinski definition) is 2. The van der Waals surface area contributed by atoms with Gasteiger partial charge in [0, 0.05) is 18.9 Å². The predicted molar refractivity (Wildman–Crippen MR) is 94.9 cm³/mol. The molecule has 1 aliphatic rings. The van der Waals surface area contributed by atoms with E-state index in [0.717, 1.165) is 16.0 Å². The van der Waals surface area contributed by atoms with Crippen LogP contribution in [0.1, 0.15) is 23.6 Å². The SMILES string of the molecule is Cc1ccc(C2(C)NC(=O)N(CC(=O)NCc3cccnc3)C2=O)cc1. The van der Waals surface area contributed by atoms with Gasteiger partial charge >= 0.3 is 6.03 Å². The summed E-state index contributed by atoms with van der Waals surface area (Å²) >= 11 is 0. The van der Waals surface area contributed by atoms with E-state index in [1.54, 1.807) is 37.5 Å². The molecule has 7 heteroatoms. The molecule has 2 N–H and O–H groups in total. The number of hydrogen-bond acceptors (Lipinski definition) is 4. The first-order valence-electron chi connectivity index (χ1n) is 8.27. The third-order valence-corrected chi connectivity index (χ3v) is 4.42. The summed E-state index contributed by atoms with van der Waals surface area (Å²) in [5, 5.41) is 5.38. The number of rotatable bonds is 5. The van der Waals surface area contributed by atoms with Crippen molar-refractivity contribution in [3.63, 3.8) is 0 Å². The maximum Gasteiger partial charge on any atom is 0.325 e. The maximum absolute atomic E-state index is 12.8. The normalized spacial score (nSPS) is 19.4. The van der Waals surface area contributed by atoms with E-state index in [1.807, 2.05) is 25.1 Å². The summed E-state index contributed by atoms with van der Waals surface area (Å²) in [6, 6.07) is 10.4. The van der Waals surface area contributed by atoms with Crippen LogP contribution >= 0.6 is 0 Å². The van der Waals surface area contributed by atoms with Gasteiger partial charge in [-0.1, -0.05) is 35.9 Å². The smallest absolute Gasteiger partial charge is 0.325 e. The van der Waals surface area contributed by atoms with Crippen LogP contribution in [0.5, 0.6) is 0 Å². The number of aromatic nitrogens is 1. The molecule has 1 saturated heterocycles. The molecule has 4 amide bonds. The molecule has 0 saturated carbocycles. The van der Waals surface area contributed by atoms with Gasteiger partial charge in [0.25, 0.3) is 5.91 Å². The number of amides is 4. The van der Waals surface area contributed by atoms with E-state index in [2.05, 4.69) is 15.6 Å². The quantitative estimate of drug-likeness (QED) is 0.797. The average molecular weight is 352 g/mol. The monoisotopic (exact) mass is 352 g/mol. The van der Waals surface area contributed by atoms with Crippen molar-refractivity contribution in [2.45, 2.75) is 25.9 Å². The number of carbonyl (C=O) groups excluding carboxylic acids is 3. The number of pyridine rings is 1. The lowest BCUT2D eigenvalue weighted by molar-refractivity contribution is -0.134. The van der Waals surface area contributed by atoms with Crippen molar-refractivity contribution in [2.75, 3.05) is 6.54 Å². The molecular weight excluding hydrogens is 332 g/mol. The fourth-order valence-electron chi connectivity index (χ4n) is 2.83. The second-order valence-corrected chi connectivity index (χ2v) is 6.45. The Kier molecular flexibility index (Phi) is 4.71. The van der Waals surface area contributed by atoms with E-state index in [9.17, 15) is 14.4 Å². The van der Waals surface area contributed by atoms with Crippen molar-refractivity contribution in [1.29, 1.82) is 0 Å². The summed E-state index contributed by atoms with van der Waals surface area (Å²) in [5.41, 5.74) is 1.40. The third-order valence-electron chi connectivity index (χ3n) is 4.42. The lowest BCUT2D eigenvalue weighted by Gasteiger charge is -2.22. The molecule has 3 rings (SSSR count). The zero-order valence-electron chi connectivity index (χ0n) is 14.7. The second-order valence-electron chi connectivity index (χ2n) is 6.45. The van der Waals surface area contributed by atoms with Gasteiger partial charge in [-0.3, -0.25) is 19.5 Å². The standard InChI is InChI=1S/C19H20N4O3/c1-13-5-7-15(8-6-13)19(2)17(25)23(18(26)22-19)12-16(24)21-11-14-4-3-9-20-10-14/h3-10H,11-12H2,1-2H3,(H,21,24)(H,22,26). The lowest BCUT2D eigenvalue weighted by atomic mass is 9.91. The minimum atomic E-state index is -1.17. The summed E-state index contributed by atoms with van der Waals surface area (Å²) in [7, 11) is 0. The highest BCUT2D eigenvalue weighted by Gasteiger charge is 2.49. The first-order valence-corrected chi connectivity index (χ1v) is 8.27. The highest BCUT2D eigenvalue weighted by atomic mass is 16.2. The van der Waals surface area contributed by atoms with Crippen LogP contribution in [-0.2, 0) is 21.7 Å². The van der Waals surface area contributed by atoms with Crippen molar-refractivity contribution in [3.8, 4) is 0 Å². The van der Waals surface area contributed by atoms with E-state index < -0.39 is 23.4 Å². The Morgan fingerprint density at radius 2 is 1.96 bits per heavy atom. The highest BCUT2D eigenvalue weighted by Crippen LogP contribution is 2.28. The molecule has 1 atom stereocenters. The van der Waals surface area contributed by atoms with Crippen molar-refractivity contribution >= 4 is 17.8 Å². The molecule has 7 nitrogen and oxygen atoms in total. The maximum atomic E-state index is 12.8. The molecule has 134 valence electrons. The largest absolute Gasteiger partial charge is 0.350 e. The molecule has 1 aliphatic heterocycles. The van der Waals surface area contributed by atoms with Crippen molar-refractivity contribution in [2.24, 2.45) is 0 Å². The number of imide groups is 1. The number of urea groups is 1. The van der Waals surface area contributed by atoms with Crippen molar-refractivity contribution in [1.82, 2.24) is 20.5 Å². The Labute approximate surface area is 151 Å². The Hall–Kier alpha value is -3.22. The summed E-state index contributed by atoms with van der Waals surface area (Å²) < 4.78 is 0. The predicted octanol–water partition coefficient (Wildman–Crippen LogP) is 1.47. The second kappa shape index (κ2) is 6.95. The zero-order valence-corrected chi connectivity index (χ0v) is 14.7. The third kappa shape index (κ3) is 3.42. The van der Waals surface area contributed by atoms with Gasteiger partial charge in [-0.05, 0) is 31.0 Å². The first kappa shape index (κ1) is 17.6. The average Bonchev–Trinajstić information content (AvgIpc) is 2.85. The van der Waals surface area contributed by atoms with Crippen LogP contribution in [0.3, 0.4) is 0 Å². The summed E-state index contributed by atoms with van der Waals surface area (Å²) in [5.74, 6) is -0.853. The molecule has 1 aromatic carbocycles.